The normalized spacial score (nSPS) is 16.4. The van der Waals surface area contributed by atoms with Crippen LogP contribution in [0.15, 0.2) is 30.3 Å². The maximum Gasteiger partial charge on any atom is 0.230 e. The molecule has 0 bridgehead atoms. The smallest absolute Gasteiger partial charge is 0.230 e. The highest BCUT2D eigenvalue weighted by Crippen LogP contribution is 2.27. The monoisotopic (exact) mass is 412 g/mol. The van der Waals surface area contributed by atoms with Crippen LogP contribution in [0.1, 0.15) is 55.1 Å². The van der Waals surface area contributed by atoms with Gasteiger partial charge in [0.15, 0.2) is 5.82 Å². The number of ether oxygens (including phenoxy) is 1. The third-order valence-corrected chi connectivity index (χ3v) is 5.20. The van der Waals surface area contributed by atoms with Gasteiger partial charge >= 0.3 is 0 Å². The van der Waals surface area contributed by atoms with Crippen molar-refractivity contribution >= 4 is 5.91 Å². The summed E-state index contributed by atoms with van der Waals surface area (Å²) < 4.78 is 18.6. The van der Waals surface area contributed by atoms with Gasteiger partial charge in [0.1, 0.15) is 24.0 Å². The summed E-state index contributed by atoms with van der Waals surface area (Å²) in [4.78, 5) is 18.9. The maximum absolute atomic E-state index is 13.0. The SMILES string of the molecule is CC(C)c1n[nH]c(CC(=O)N2CCC(c3cc(COc4ccc(F)cc4)[nH]n3)C2)n1. The van der Waals surface area contributed by atoms with E-state index in [9.17, 15) is 9.18 Å². The van der Waals surface area contributed by atoms with Gasteiger partial charge in [0, 0.05) is 24.9 Å². The Kier molecular flexibility index (Phi) is 5.78. The number of H-pyrrole nitrogens is 2. The molecule has 3 heterocycles. The zero-order chi connectivity index (χ0) is 21.1. The predicted octanol–water partition coefficient (Wildman–Crippen LogP) is 2.93. The fraction of sp³-hybridized carbons (Fsp3) is 0.429. The Hall–Kier alpha value is -3.23. The minimum atomic E-state index is -0.296. The van der Waals surface area contributed by atoms with Crippen molar-refractivity contribution in [1.82, 2.24) is 30.3 Å². The fourth-order valence-electron chi connectivity index (χ4n) is 3.48. The van der Waals surface area contributed by atoms with Gasteiger partial charge in [-0.1, -0.05) is 13.8 Å². The number of aromatic amines is 2. The third-order valence-electron chi connectivity index (χ3n) is 5.20. The van der Waals surface area contributed by atoms with Crippen molar-refractivity contribution in [2.45, 2.75) is 45.1 Å². The van der Waals surface area contributed by atoms with Crippen LogP contribution in [-0.4, -0.2) is 49.3 Å². The number of hydrogen-bond donors (Lipinski definition) is 2. The van der Waals surface area contributed by atoms with E-state index in [0.29, 0.717) is 31.3 Å². The second kappa shape index (κ2) is 8.64. The number of nitrogens with one attached hydrogen (secondary N) is 2. The van der Waals surface area contributed by atoms with Crippen molar-refractivity contribution in [3.05, 3.63) is 59.2 Å². The summed E-state index contributed by atoms with van der Waals surface area (Å²) in [6.45, 7) is 5.68. The third kappa shape index (κ3) is 4.67. The Bertz CT molecular complexity index is 997. The maximum atomic E-state index is 13.0. The summed E-state index contributed by atoms with van der Waals surface area (Å²) in [5.74, 6) is 2.08. The quantitative estimate of drug-likeness (QED) is 0.622. The minimum Gasteiger partial charge on any atom is -0.487 e. The van der Waals surface area contributed by atoms with E-state index >= 15 is 0 Å². The van der Waals surface area contributed by atoms with E-state index in [-0.39, 0.29) is 30.0 Å². The molecule has 8 nitrogen and oxygen atoms in total. The number of carbonyl (C=O) groups excluding carboxylic acids is 1. The average molecular weight is 412 g/mol. The van der Waals surface area contributed by atoms with Crippen LogP contribution >= 0.6 is 0 Å². The van der Waals surface area contributed by atoms with Crippen molar-refractivity contribution in [1.29, 1.82) is 0 Å². The molecule has 1 fully saturated rings. The molecular formula is C21H25FN6O2. The molecule has 0 aliphatic carbocycles. The van der Waals surface area contributed by atoms with Gasteiger partial charge < -0.3 is 9.64 Å². The van der Waals surface area contributed by atoms with Crippen LogP contribution in [0.25, 0.3) is 0 Å². The first-order valence-electron chi connectivity index (χ1n) is 10.1. The summed E-state index contributed by atoms with van der Waals surface area (Å²) in [6.07, 6.45) is 1.09. The lowest BCUT2D eigenvalue weighted by molar-refractivity contribution is -0.129. The fourth-order valence-corrected chi connectivity index (χ4v) is 3.48. The van der Waals surface area contributed by atoms with E-state index < -0.39 is 0 Å². The van der Waals surface area contributed by atoms with E-state index in [2.05, 4.69) is 25.4 Å². The Balaban J connectivity index is 1.29. The van der Waals surface area contributed by atoms with Crippen LogP contribution < -0.4 is 4.74 Å². The molecule has 4 rings (SSSR count). The highest BCUT2D eigenvalue weighted by Gasteiger charge is 2.29. The number of aromatic nitrogens is 5. The molecule has 2 aromatic heterocycles. The number of nitrogens with zero attached hydrogens (tertiary/aromatic N) is 4. The predicted molar refractivity (Wildman–Crippen MR) is 107 cm³/mol. The molecule has 158 valence electrons. The van der Waals surface area contributed by atoms with Crippen LogP contribution in [-0.2, 0) is 17.8 Å². The largest absolute Gasteiger partial charge is 0.487 e. The number of rotatable bonds is 7. The van der Waals surface area contributed by atoms with Gasteiger partial charge in [-0.2, -0.15) is 10.2 Å². The molecule has 1 saturated heterocycles. The summed E-state index contributed by atoms with van der Waals surface area (Å²) in [7, 11) is 0. The lowest BCUT2D eigenvalue weighted by Gasteiger charge is -2.15. The second-order valence-corrected chi connectivity index (χ2v) is 7.86. The Morgan fingerprint density at radius 3 is 2.80 bits per heavy atom. The van der Waals surface area contributed by atoms with Gasteiger partial charge in [-0.25, -0.2) is 9.37 Å². The Morgan fingerprint density at radius 2 is 2.07 bits per heavy atom. The summed E-state index contributed by atoms with van der Waals surface area (Å²) in [5, 5.41) is 14.4. The highest BCUT2D eigenvalue weighted by atomic mass is 19.1. The highest BCUT2D eigenvalue weighted by molar-refractivity contribution is 5.78. The molecule has 3 aromatic rings. The van der Waals surface area contributed by atoms with Gasteiger partial charge in [0.25, 0.3) is 0 Å². The summed E-state index contributed by atoms with van der Waals surface area (Å²) in [5.41, 5.74) is 1.76. The lowest BCUT2D eigenvalue weighted by Crippen LogP contribution is -2.30. The summed E-state index contributed by atoms with van der Waals surface area (Å²) >= 11 is 0. The van der Waals surface area contributed by atoms with E-state index in [1.807, 2.05) is 24.8 Å². The van der Waals surface area contributed by atoms with Crippen LogP contribution in [0.4, 0.5) is 4.39 Å². The molecule has 0 radical (unpaired) electrons. The number of likely N-dealkylation sites (tertiary alicyclic amines) is 1. The molecular weight excluding hydrogens is 387 g/mol. The molecule has 1 atom stereocenters. The van der Waals surface area contributed by atoms with E-state index in [0.717, 1.165) is 23.6 Å². The Morgan fingerprint density at radius 1 is 1.27 bits per heavy atom. The van der Waals surface area contributed by atoms with Gasteiger partial charge in [0.2, 0.25) is 5.91 Å². The van der Waals surface area contributed by atoms with Gasteiger partial charge in [-0.05, 0) is 36.8 Å². The van der Waals surface area contributed by atoms with Crippen LogP contribution in [0.2, 0.25) is 0 Å². The lowest BCUT2D eigenvalue weighted by atomic mass is 10.1. The zero-order valence-corrected chi connectivity index (χ0v) is 17.1. The first kappa shape index (κ1) is 20.1. The van der Waals surface area contributed by atoms with Crippen LogP contribution in [0.5, 0.6) is 5.75 Å². The van der Waals surface area contributed by atoms with Gasteiger partial charge in [-0.3, -0.25) is 15.0 Å². The van der Waals surface area contributed by atoms with Crippen molar-refractivity contribution < 1.29 is 13.9 Å². The molecule has 1 aliphatic rings. The number of halogens is 1. The molecule has 9 heteroatoms. The average Bonchev–Trinajstić information content (AvgIpc) is 3.47. The van der Waals surface area contributed by atoms with E-state index in [1.54, 1.807) is 12.1 Å². The van der Waals surface area contributed by atoms with Crippen molar-refractivity contribution in [3.8, 4) is 5.75 Å². The van der Waals surface area contributed by atoms with Gasteiger partial charge in [-0.15, -0.1) is 0 Å². The second-order valence-electron chi connectivity index (χ2n) is 7.86. The molecule has 0 saturated carbocycles. The summed E-state index contributed by atoms with van der Waals surface area (Å²) in [6, 6.07) is 7.87. The molecule has 0 spiro atoms. The first-order valence-corrected chi connectivity index (χ1v) is 10.1. The number of carbonyl (C=O) groups is 1. The van der Waals surface area contributed by atoms with Crippen LogP contribution in [0, 0.1) is 5.82 Å². The van der Waals surface area contributed by atoms with E-state index in [1.165, 1.54) is 12.1 Å². The van der Waals surface area contributed by atoms with Crippen molar-refractivity contribution in [3.63, 3.8) is 0 Å². The number of benzene rings is 1. The molecule has 2 N–H and O–H groups in total. The number of amides is 1. The van der Waals surface area contributed by atoms with E-state index in [4.69, 9.17) is 4.74 Å². The van der Waals surface area contributed by atoms with Crippen molar-refractivity contribution in [2.75, 3.05) is 13.1 Å². The topological polar surface area (TPSA) is 99.8 Å². The Labute approximate surface area is 173 Å². The number of hydrogen-bond acceptors (Lipinski definition) is 5. The van der Waals surface area contributed by atoms with Crippen molar-refractivity contribution in [2.24, 2.45) is 0 Å². The molecule has 1 aromatic carbocycles. The molecule has 30 heavy (non-hydrogen) atoms. The molecule has 1 unspecified atom stereocenters. The van der Waals surface area contributed by atoms with Crippen LogP contribution in [0.3, 0.4) is 0 Å². The molecule has 1 aliphatic heterocycles. The molecule has 1 amide bonds. The first-order chi connectivity index (χ1) is 14.5. The zero-order valence-electron chi connectivity index (χ0n) is 17.1. The van der Waals surface area contributed by atoms with Gasteiger partial charge in [0.05, 0.1) is 17.8 Å². The minimum absolute atomic E-state index is 0.0411. The standard InChI is InChI=1S/C21H25FN6O2/c1-13(2)21-23-19(26-27-21)10-20(29)28-8-7-14(11-28)18-9-16(24-25-18)12-30-17-5-3-15(22)4-6-17/h3-6,9,13-14H,7-8,10-12H2,1-2H3,(H,24,25)(H,23,26,27).